The third kappa shape index (κ3) is 4.95. The normalized spacial score (nSPS) is 10.6. The summed E-state index contributed by atoms with van der Waals surface area (Å²) < 4.78 is 27.8. The maximum Gasteiger partial charge on any atom is 0.251 e. The van der Waals surface area contributed by atoms with Crippen LogP contribution in [0, 0.1) is 11.6 Å². The molecule has 2 rings (SSSR count). The number of carbonyl (C=O) groups excluding carboxylic acids is 1. The van der Waals surface area contributed by atoms with E-state index in [0.717, 1.165) is 44.4 Å². The highest BCUT2D eigenvalue weighted by molar-refractivity contribution is 5.94. The summed E-state index contributed by atoms with van der Waals surface area (Å²) in [5.41, 5.74) is 0.138. The summed E-state index contributed by atoms with van der Waals surface area (Å²) in [5, 5.41) is 2.71. The number of halogens is 2. The minimum atomic E-state index is -1.01. The first-order valence-electron chi connectivity index (χ1n) is 7.36. The number of amides is 1. The Balaban J connectivity index is 1.58. The average molecular weight is 307 g/mol. The van der Waals surface area contributed by atoms with Crippen molar-refractivity contribution < 1.29 is 13.6 Å². The van der Waals surface area contributed by atoms with E-state index in [4.69, 9.17) is 0 Å². The smallest absolute Gasteiger partial charge is 0.251 e. The van der Waals surface area contributed by atoms with Gasteiger partial charge in [-0.05, 0) is 31.0 Å². The van der Waals surface area contributed by atoms with Gasteiger partial charge in [-0.2, -0.15) is 0 Å². The highest BCUT2D eigenvalue weighted by Crippen LogP contribution is 2.08. The first-order valence-corrected chi connectivity index (χ1v) is 7.36. The van der Waals surface area contributed by atoms with Gasteiger partial charge in [-0.1, -0.05) is 12.8 Å². The lowest BCUT2D eigenvalue weighted by Crippen LogP contribution is -2.24. The fourth-order valence-electron chi connectivity index (χ4n) is 2.13. The number of rotatable bonds is 8. The summed E-state index contributed by atoms with van der Waals surface area (Å²) in [6.07, 6.45) is 9.48. The minimum absolute atomic E-state index is 0.138. The molecule has 0 aliphatic carbocycles. The molecule has 0 radical (unpaired) electrons. The fourth-order valence-corrected chi connectivity index (χ4v) is 2.13. The maximum atomic E-state index is 13.0. The van der Waals surface area contributed by atoms with E-state index in [0.29, 0.717) is 6.54 Å². The minimum Gasteiger partial charge on any atom is -0.352 e. The SMILES string of the molecule is O=C(NCCCCCCn1ccnc1)c1ccc(F)c(F)c1. The van der Waals surface area contributed by atoms with E-state index in [9.17, 15) is 13.6 Å². The van der Waals surface area contributed by atoms with Crippen LogP contribution < -0.4 is 5.32 Å². The van der Waals surface area contributed by atoms with E-state index in [1.807, 2.05) is 10.8 Å². The van der Waals surface area contributed by atoms with Crippen LogP contribution in [0.4, 0.5) is 8.78 Å². The molecule has 0 bridgehead atoms. The Hall–Kier alpha value is -2.24. The maximum absolute atomic E-state index is 13.0. The van der Waals surface area contributed by atoms with Gasteiger partial charge in [0, 0.05) is 31.0 Å². The molecule has 1 aromatic heterocycles. The molecule has 22 heavy (non-hydrogen) atoms. The Labute approximate surface area is 128 Å². The molecule has 0 atom stereocenters. The van der Waals surface area contributed by atoms with Gasteiger partial charge in [0.05, 0.1) is 6.33 Å². The van der Waals surface area contributed by atoms with Gasteiger partial charge in [0.2, 0.25) is 0 Å². The first-order chi connectivity index (χ1) is 10.7. The molecule has 0 aliphatic heterocycles. The molecule has 2 aromatic rings. The van der Waals surface area contributed by atoms with Crippen molar-refractivity contribution in [3.63, 3.8) is 0 Å². The summed E-state index contributed by atoms with van der Waals surface area (Å²) >= 11 is 0. The molecule has 0 fully saturated rings. The van der Waals surface area contributed by atoms with E-state index in [1.165, 1.54) is 6.07 Å². The van der Waals surface area contributed by atoms with Crippen LogP contribution in [0.3, 0.4) is 0 Å². The number of aryl methyl sites for hydroxylation is 1. The Morgan fingerprint density at radius 3 is 2.68 bits per heavy atom. The predicted molar refractivity (Wildman–Crippen MR) is 79.4 cm³/mol. The van der Waals surface area contributed by atoms with E-state index >= 15 is 0 Å². The lowest BCUT2D eigenvalue weighted by molar-refractivity contribution is 0.0952. The second kappa shape index (κ2) is 8.26. The standard InChI is InChI=1S/C16H19F2N3O/c17-14-6-5-13(11-15(14)18)16(22)20-7-3-1-2-4-9-21-10-8-19-12-21/h5-6,8,10-12H,1-4,7,9H2,(H,20,22). The van der Waals surface area contributed by atoms with Crippen molar-refractivity contribution in [1.82, 2.24) is 14.9 Å². The molecule has 1 aromatic carbocycles. The Bertz CT molecular complexity index is 599. The van der Waals surface area contributed by atoms with Gasteiger partial charge in [0.15, 0.2) is 11.6 Å². The molecule has 0 saturated carbocycles. The highest BCUT2D eigenvalue weighted by Gasteiger charge is 2.08. The van der Waals surface area contributed by atoms with Crippen LogP contribution >= 0.6 is 0 Å². The van der Waals surface area contributed by atoms with Crippen molar-refractivity contribution in [3.8, 4) is 0 Å². The van der Waals surface area contributed by atoms with Crippen molar-refractivity contribution in [3.05, 3.63) is 54.1 Å². The number of unbranched alkanes of at least 4 members (excludes halogenated alkanes) is 3. The Morgan fingerprint density at radius 1 is 1.14 bits per heavy atom. The number of hydrogen-bond acceptors (Lipinski definition) is 2. The molecule has 1 amide bonds. The van der Waals surface area contributed by atoms with E-state index in [2.05, 4.69) is 10.3 Å². The van der Waals surface area contributed by atoms with Gasteiger partial charge in [0.25, 0.3) is 5.91 Å². The van der Waals surface area contributed by atoms with Crippen molar-refractivity contribution in [2.24, 2.45) is 0 Å². The zero-order valence-electron chi connectivity index (χ0n) is 12.3. The van der Waals surface area contributed by atoms with Crippen LogP contribution in [0.1, 0.15) is 36.0 Å². The molecule has 1 N–H and O–H groups in total. The lowest BCUT2D eigenvalue weighted by Gasteiger charge is -2.06. The Morgan fingerprint density at radius 2 is 1.95 bits per heavy atom. The number of nitrogens with one attached hydrogen (secondary N) is 1. The average Bonchev–Trinajstić information content (AvgIpc) is 3.02. The third-order valence-corrected chi connectivity index (χ3v) is 3.37. The van der Waals surface area contributed by atoms with Crippen LogP contribution in [0.25, 0.3) is 0 Å². The number of nitrogens with zero attached hydrogens (tertiary/aromatic N) is 2. The molecule has 4 nitrogen and oxygen atoms in total. The van der Waals surface area contributed by atoms with Crippen LogP contribution in [-0.2, 0) is 6.54 Å². The zero-order chi connectivity index (χ0) is 15.8. The van der Waals surface area contributed by atoms with Crippen LogP contribution in [-0.4, -0.2) is 22.0 Å². The van der Waals surface area contributed by atoms with E-state index in [1.54, 1.807) is 12.5 Å². The summed E-state index contributed by atoms with van der Waals surface area (Å²) in [4.78, 5) is 15.7. The van der Waals surface area contributed by atoms with Crippen LogP contribution in [0.5, 0.6) is 0 Å². The Kier molecular flexibility index (Phi) is 6.06. The van der Waals surface area contributed by atoms with Crippen LogP contribution in [0.2, 0.25) is 0 Å². The van der Waals surface area contributed by atoms with E-state index in [-0.39, 0.29) is 11.5 Å². The first kappa shape index (κ1) is 16.1. The number of imidazole rings is 1. The summed E-state index contributed by atoms with van der Waals surface area (Å²) in [6.45, 7) is 1.48. The fraction of sp³-hybridized carbons (Fsp3) is 0.375. The molecular formula is C16H19F2N3O. The largest absolute Gasteiger partial charge is 0.352 e. The molecule has 0 unspecified atom stereocenters. The predicted octanol–water partition coefficient (Wildman–Crippen LogP) is 3.15. The molecule has 0 aliphatic rings. The monoisotopic (exact) mass is 307 g/mol. The molecule has 0 saturated heterocycles. The van der Waals surface area contributed by atoms with Crippen LogP contribution in [0.15, 0.2) is 36.9 Å². The number of aromatic nitrogens is 2. The summed E-state index contributed by atoms with van der Waals surface area (Å²) in [7, 11) is 0. The lowest BCUT2D eigenvalue weighted by atomic mass is 10.1. The summed E-state index contributed by atoms with van der Waals surface area (Å²) in [5.74, 6) is -2.33. The van der Waals surface area contributed by atoms with Crippen molar-refractivity contribution in [2.45, 2.75) is 32.2 Å². The van der Waals surface area contributed by atoms with Gasteiger partial charge in [-0.15, -0.1) is 0 Å². The van der Waals surface area contributed by atoms with E-state index < -0.39 is 11.6 Å². The highest BCUT2D eigenvalue weighted by atomic mass is 19.2. The van der Waals surface area contributed by atoms with Gasteiger partial charge in [-0.3, -0.25) is 4.79 Å². The molecule has 1 heterocycles. The van der Waals surface area contributed by atoms with Crippen molar-refractivity contribution in [1.29, 1.82) is 0 Å². The second-order valence-electron chi connectivity index (χ2n) is 5.10. The number of carbonyl (C=O) groups is 1. The topological polar surface area (TPSA) is 46.9 Å². The zero-order valence-corrected chi connectivity index (χ0v) is 12.3. The van der Waals surface area contributed by atoms with Gasteiger partial charge in [-0.25, -0.2) is 13.8 Å². The molecule has 0 spiro atoms. The second-order valence-corrected chi connectivity index (χ2v) is 5.10. The molecule has 6 heteroatoms. The quantitative estimate of drug-likeness (QED) is 0.762. The summed E-state index contributed by atoms with van der Waals surface area (Å²) in [6, 6.07) is 3.15. The number of benzene rings is 1. The van der Waals surface area contributed by atoms with Gasteiger partial charge in [0.1, 0.15) is 0 Å². The molecule has 118 valence electrons. The number of hydrogen-bond donors (Lipinski definition) is 1. The van der Waals surface area contributed by atoms with Gasteiger partial charge < -0.3 is 9.88 Å². The molecular weight excluding hydrogens is 288 g/mol. The van der Waals surface area contributed by atoms with Gasteiger partial charge >= 0.3 is 0 Å². The third-order valence-electron chi connectivity index (χ3n) is 3.37. The van der Waals surface area contributed by atoms with Crippen molar-refractivity contribution in [2.75, 3.05) is 6.54 Å². The van der Waals surface area contributed by atoms with Crippen molar-refractivity contribution >= 4 is 5.91 Å².